The lowest BCUT2D eigenvalue weighted by atomic mass is 9.86. The summed E-state index contributed by atoms with van der Waals surface area (Å²) in [5, 5.41) is 12.9. The van der Waals surface area contributed by atoms with Crippen LogP contribution in [-0.2, 0) is 68.3 Å². The molecule has 12 nitrogen and oxygen atoms in total. The molecule has 0 saturated carbocycles. The molecule has 0 amide bonds. The van der Waals surface area contributed by atoms with Gasteiger partial charge in [0.25, 0.3) is 0 Å². The van der Waals surface area contributed by atoms with E-state index in [0.717, 1.165) is 22.9 Å². The molecule has 23 heteroatoms. The summed E-state index contributed by atoms with van der Waals surface area (Å²) in [4.78, 5) is 15.5. The highest BCUT2D eigenvalue weighted by Gasteiger charge is 2.59. The van der Waals surface area contributed by atoms with Gasteiger partial charge in [-0.25, -0.2) is 4.79 Å². The molecule has 0 unspecified atom stereocenters. The van der Waals surface area contributed by atoms with Crippen LogP contribution in [0.1, 0.15) is 38.9 Å². The van der Waals surface area contributed by atoms with E-state index >= 15 is 0 Å². The lowest BCUT2D eigenvalue weighted by molar-refractivity contribution is -0.348. The zero-order chi connectivity index (χ0) is 67.7. The number of aryl methyl sites for hydroxylation is 2. The van der Waals surface area contributed by atoms with Crippen LogP contribution in [0.25, 0.3) is 0 Å². The van der Waals surface area contributed by atoms with Gasteiger partial charge in [-0.05, 0) is 272 Å². The summed E-state index contributed by atoms with van der Waals surface area (Å²) in [5.41, 5.74) is 8.30. The smallest absolute Gasteiger partial charge is 0.337 e. The van der Waals surface area contributed by atoms with E-state index in [-0.39, 0.29) is 12.1 Å². The molecule has 0 bridgehead atoms. The van der Waals surface area contributed by atoms with Crippen molar-refractivity contribution in [2.24, 2.45) is 0 Å². The first-order valence-electron chi connectivity index (χ1n) is 31.5. The Morgan fingerprint density at radius 3 is 1.24 bits per heavy atom. The molecule has 0 aromatic heterocycles. The van der Waals surface area contributed by atoms with Crippen molar-refractivity contribution in [1.82, 2.24) is 0 Å². The van der Waals surface area contributed by atoms with Crippen LogP contribution in [0.4, 0.5) is 0 Å². The molecule has 89 heavy (non-hydrogen) atoms. The van der Waals surface area contributed by atoms with E-state index in [4.69, 9.17) is 44.9 Å². The molecule has 2 saturated heterocycles. The highest BCUT2D eigenvalue weighted by Crippen LogP contribution is 2.44. The van der Waals surface area contributed by atoms with E-state index in [9.17, 15) is 9.90 Å². The van der Waals surface area contributed by atoms with Crippen molar-refractivity contribution in [2.75, 3.05) is 25.7 Å². The van der Waals surface area contributed by atoms with Gasteiger partial charge in [-0.15, -0.1) is 23.5 Å². The number of carbonyl (C=O) groups excluding carboxylic acids is 1. The Kier molecular flexibility index (Phi) is 29.5. The molecule has 4 aromatic carbocycles. The van der Waals surface area contributed by atoms with Gasteiger partial charge in [0.15, 0.2) is 78.7 Å². The van der Waals surface area contributed by atoms with Crippen molar-refractivity contribution in [1.29, 1.82) is 0 Å². The highest BCUT2D eigenvalue weighted by atomic mass is 79.9. The lowest BCUT2D eigenvalue weighted by Crippen LogP contribution is -2.69. The van der Waals surface area contributed by atoms with Gasteiger partial charge in [0.05, 0.1) is 13.2 Å². The second kappa shape index (κ2) is 32.7. The molecule has 0 aliphatic carbocycles. The molecule has 1 N–H and O–H groups in total. The molecular formula is C66H115BrO12S2Si8. The SMILES string of the molecule is CSc1ccc(Cc2cc(Br)ccc2C)cc1.CSc1ccc(Cc2cc([C@]3(O)O[C@H](CO[Si](C)(C)C)[C@H](O[Si](C)(C)C)[C@H](O[Si](C)(C)C)[C@H]3O[Si](C)(C)C)ccc2C)cc1.C[Si](C)(C)OC[C@H]1OC(=O)[C@H](O[Si](C)(C)C)[C@@H](O[Si](C)(C)C)[C@@H]1O[Si](C)(C)C. The summed E-state index contributed by atoms with van der Waals surface area (Å²) in [5.74, 6) is -2.12. The van der Waals surface area contributed by atoms with Crippen molar-refractivity contribution in [2.45, 2.75) is 248 Å². The first-order valence-corrected chi connectivity index (χ1v) is 62.0. The van der Waals surface area contributed by atoms with Crippen LogP contribution < -0.4 is 0 Å². The average Bonchev–Trinajstić information content (AvgIpc) is 1.27. The van der Waals surface area contributed by atoms with Crippen molar-refractivity contribution in [3.05, 3.63) is 128 Å². The lowest BCUT2D eigenvalue weighted by Gasteiger charge is -2.54. The number of hydrogen-bond acceptors (Lipinski definition) is 14. The van der Waals surface area contributed by atoms with Gasteiger partial charge < -0.3 is 50.0 Å². The second-order valence-electron chi connectivity index (χ2n) is 31.5. The third-order valence-electron chi connectivity index (χ3n) is 13.7. The van der Waals surface area contributed by atoms with E-state index in [1.54, 1.807) is 23.5 Å². The maximum absolute atomic E-state index is 12.9. The Morgan fingerprint density at radius 2 is 0.831 bits per heavy atom. The summed E-state index contributed by atoms with van der Waals surface area (Å²) < 4.78 is 66.5. The van der Waals surface area contributed by atoms with Crippen molar-refractivity contribution in [3.8, 4) is 0 Å². The van der Waals surface area contributed by atoms with E-state index in [2.05, 4.69) is 278 Å². The fraction of sp³-hybridized carbons (Fsp3) is 0.621. The number of aliphatic hydroxyl groups is 1. The molecule has 2 aliphatic rings. The van der Waals surface area contributed by atoms with Crippen LogP contribution in [0, 0.1) is 13.8 Å². The predicted octanol–water partition coefficient (Wildman–Crippen LogP) is 17.9. The number of cyclic esters (lactones) is 1. The van der Waals surface area contributed by atoms with Gasteiger partial charge in [0, 0.05) is 19.8 Å². The molecule has 2 aliphatic heterocycles. The van der Waals surface area contributed by atoms with Crippen molar-refractivity contribution >= 4 is 112 Å². The van der Waals surface area contributed by atoms with Crippen molar-refractivity contribution in [3.63, 3.8) is 0 Å². The predicted molar refractivity (Wildman–Crippen MR) is 399 cm³/mol. The van der Waals surface area contributed by atoms with Gasteiger partial charge in [0.2, 0.25) is 5.79 Å². The number of ether oxygens (including phenoxy) is 2. The van der Waals surface area contributed by atoms with Crippen LogP contribution in [0.2, 0.25) is 157 Å². The molecule has 6 rings (SSSR count). The quantitative estimate of drug-likeness (QED) is 0.0384. The molecule has 4 aromatic rings. The van der Waals surface area contributed by atoms with Gasteiger partial charge in [-0.3, -0.25) is 0 Å². The zero-order valence-corrected chi connectivity index (χ0v) is 70.9. The monoisotopic (exact) mass is 1470 g/mol. The number of benzene rings is 4. The highest BCUT2D eigenvalue weighted by molar-refractivity contribution is 9.10. The third-order valence-corrected chi connectivity index (χ3v) is 23.5. The minimum Gasteiger partial charge on any atom is -0.455 e. The molecule has 2 fully saturated rings. The summed E-state index contributed by atoms with van der Waals surface area (Å²) in [6.07, 6.45) is 1.59. The first kappa shape index (κ1) is 80.3. The third kappa shape index (κ3) is 28.6. The Hall–Kier alpha value is -1.13. The van der Waals surface area contributed by atoms with Crippen LogP contribution in [0.3, 0.4) is 0 Å². The van der Waals surface area contributed by atoms with Crippen LogP contribution in [0.15, 0.2) is 99.2 Å². The maximum atomic E-state index is 12.9. The number of rotatable bonds is 25. The summed E-state index contributed by atoms with van der Waals surface area (Å²) >= 11 is 7.05. The van der Waals surface area contributed by atoms with E-state index < -0.39 is 115 Å². The van der Waals surface area contributed by atoms with E-state index in [1.165, 1.54) is 37.6 Å². The van der Waals surface area contributed by atoms with Gasteiger partial charge in [0.1, 0.15) is 36.6 Å². The topological polar surface area (TPSA) is 130 Å². The number of carbonyl (C=O) groups is 1. The molecule has 0 radical (unpaired) electrons. The fourth-order valence-electron chi connectivity index (χ4n) is 9.97. The van der Waals surface area contributed by atoms with Gasteiger partial charge >= 0.3 is 5.97 Å². The largest absolute Gasteiger partial charge is 0.455 e. The van der Waals surface area contributed by atoms with Gasteiger partial charge in [-0.1, -0.05) is 58.4 Å². The van der Waals surface area contributed by atoms with Gasteiger partial charge in [-0.2, -0.15) is 0 Å². The van der Waals surface area contributed by atoms with E-state index in [1.807, 2.05) is 6.07 Å². The van der Waals surface area contributed by atoms with Crippen LogP contribution in [-0.4, -0.2) is 152 Å². The fourth-order valence-corrected chi connectivity index (χ4v) is 18.9. The number of hydrogen-bond donors (Lipinski definition) is 1. The normalized spacial score (nSPS) is 23.2. The average molecular weight is 1470 g/mol. The molecular weight excluding hydrogens is 1350 g/mol. The van der Waals surface area contributed by atoms with E-state index in [0.29, 0.717) is 18.8 Å². The first-order chi connectivity index (χ1) is 40.5. The Bertz CT molecular complexity index is 2860. The minimum absolute atomic E-state index is 0.318. The molecule has 0 spiro atoms. The Labute approximate surface area is 564 Å². The molecule has 2 heterocycles. The maximum Gasteiger partial charge on any atom is 0.337 e. The summed E-state index contributed by atoms with van der Waals surface area (Å²) in [6.45, 7) is 56.3. The number of halogens is 1. The van der Waals surface area contributed by atoms with Crippen LogP contribution in [0.5, 0.6) is 0 Å². The molecule has 502 valence electrons. The summed E-state index contributed by atoms with van der Waals surface area (Å²) in [7, 11) is -16.0. The van der Waals surface area contributed by atoms with Crippen molar-refractivity contribution < 1.29 is 54.8 Å². The minimum atomic E-state index is -2.21. The Morgan fingerprint density at radius 1 is 0.461 bits per heavy atom. The number of esters is 1. The van der Waals surface area contributed by atoms with Crippen LogP contribution >= 0.6 is 39.5 Å². The standard InChI is InChI=1S/C33H58O6SSi4.C18H42O6Si4.C15H15BrS/c1-24-15-18-27(22-26(24)21-25-16-19-28(40-2)20-17-25)33(34)32(39-44(12,13)14)31(38-43(9,10)11)30(37-42(6,7)8)29(36-33)23-35-41(3,4)5;1-25(2,3)20-13-14-15(22-26(4,5)6)16(23-27(7,8)9)17(18(19)21-14)24-28(10,11)12;1-11-3-6-14(16)10-13(11)9-12-4-7-15(17-2)8-5-12/h15-20,22,29-32,34H,21,23H2,1-14H3;14-17H,13H2,1-12H3;3-8,10H,9H2,1-2H3/t29-,30+,31+,32-,33+;14-,15-,16+,17-;/m11./s1. The Balaban J connectivity index is 0.000000319. The summed E-state index contributed by atoms with van der Waals surface area (Å²) in [6, 6.07) is 30.1. The molecule has 9 atom stereocenters. The second-order valence-corrected chi connectivity index (χ2v) is 70.0. The zero-order valence-electron chi connectivity index (χ0n) is 59.7. The number of thioether (sulfide) groups is 2.